The van der Waals surface area contributed by atoms with Gasteiger partial charge in [0.25, 0.3) is 5.91 Å². The summed E-state index contributed by atoms with van der Waals surface area (Å²) < 4.78 is 0. The Balaban J connectivity index is 2.10. The lowest BCUT2D eigenvalue weighted by atomic mass is 10.1. The zero-order valence-corrected chi connectivity index (χ0v) is 17.2. The summed E-state index contributed by atoms with van der Waals surface area (Å²) in [6, 6.07) is 9.56. The minimum atomic E-state index is -0.489. The molecule has 2 amide bonds. The second kappa shape index (κ2) is 10.4. The van der Waals surface area contributed by atoms with Gasteiger partial charge in [-0.25, -0.2) is 4.98 Å². The van der Waals surface area contributed by atoms with Crippen LogP contribution in [0.4, 0.5) is 10.8 Å². The number of nitrogens with zero attached hydrogens (tertiary/aromatic N) is 3. The Bertz CT molecular complexity index is 894. The summed E-state index contributed by atoms with van der Waals surface area (Å²) in [6.07, 6.45) is 4.70. The first-order chi connectivity index (χ1) is 13.5. The van der Waals surface area contributed by atoms with Crippen LogP contribution in [-0.4, -0.2) is 23.3 Å². The van der Waals surface area contributed by atoms with Crippen LogP contribution in [0, 0.1) is 11.3 Å². The summed E-state index contributed by atoms with van der Waals surface area (Å²) in [5.74, 6) is -0.592. The lowest BCUT2D eigenvalue weighted by Gasteiger charge is -2.14. The summed E-state index contributed by atoms with van der Waals surface area (Å²) in [6.45, 7) is 5.99. The van der Waals surface area contributed by atoms with Gasteiger partial charge in [0.1, 0.15) is 11.6 Å². The van der Waals surface area contributed by atoms with Gasteiger partial charge in [0.2, 0.25) is 5.91 Å². The molecule has 28 heavy (non-hydrogen) atoms. The molecule has 0 unspecified atom stereocenters. The molecule has 0 saturated carbocycles. The third-order valence-electron chi connectivity index (χ3n) is 4.13. The molecule has 0 saturated heterocycles. The van der Waals surface area contributed by atoms with Crippen LogP contribution in [-0.2, 0) is 16.0 Å². The van der Waals surface area contributed by atoms with Gasteiger partial charge in [0.05, 0.1) is 5.69 Å². The van der Waals surface area contributed by atoms with E-state index in [1.807, 2.05) is 37.3 Å². The number of nitrogens with one attached hydrogen (secondary N) is 1. The Morgan fingerprint density at radius 3 is 2.57 bits per heavy atom. The minimum Gasteiger partial charge on any atom is -0.321 e. The molecule has 7 heteroatoms. The van der Waals surface area contributed by atoms with Gasteiger partial charge in [-0.05, 0) is 43.5 Å². The van der Waals surface area contributed by atoms with E-state index in [9.17, 15) is 14.9 Å². The molecular weight excluding hydrogens is 372 g/mol. The van der Waals surface area contributed by atoms with Crippen molar-refractivity contribution in [1.82, 2.24) is 4.98 Å². The maximum absolute atomic E-state index is 12.4. The molecule has 0 aliphatic rings. The van der Waals surface area contributed by atoms with Gasteiger partial charge < -0.3 is 5.32 Å². The molecule has 1 aromatic heterocycles. The summed E-state index contributed by atoms with van der Waals surface area (Å²) >= 11 is 1.30. The third kappa shape index (κ3) is 5.76. The largest absolute Gasteiger partial charge is 0.321 e. The van der Waals surface area contributed by atoms with E-state index in [1.165, 1.54) is 34.8 Å². The highest BCUT2D eigenvalue weighted by Gasteiger charge is 2.15. The van der Waals surface area contributed by atoms with Gasteiger partial charge >= 0.3 is 0 Å². The van der Waals surface area contributed by atoms with Gasteiger partial charge in [-0.1, -0.05) is 25.5 Å². The Hall–Kier alpha value is -2.98. The average Bonchev–Trinajstić information content (AvgIpc) is 3.13. The number of hydrogen-bond donors (Lipinski definition) is 1. The molecule has 146 valence electrons. The van der Waals surface area contributed by atoms with Crippen LogP contribution in [0.1, 0.15) is 44.9 Å². The van der Waals surface area contributed by atoms with Crippen molar-refractivity contribution >= 4 is 40.0 Å². The standard InChI is InChI=1S/C21H24N4O2S/c1-4-6-7-16-8-10-18(11-9-16)23-20(27)17(13-22)12-19-14-28-21(24-19)25(5-2)15(3)26/h8-12,14H,4-7H2,1-3H3,(H,23,27)/b17-12+. The molecule has 1 N–H and O–H groups in total. The molecule has 0 bridgehead atoms. The second-order valence-electron chi connectivity index (χ2n) is 6.24. The van der Waals surface area contributed by atoms with Crippen LogP contribution in [0.25, 0.3) is 6.08 Å². The molecular formula is C21H24N4O2S. The van der Waals surface area contributed by atoms with Gasteiger partial charge in [-0.2, -0.15) is 5.26 Å². The normalized spacial score (nSPS) is 11.0. The van der Waals surface area contributed by atoms with Crippen LogP contribution in [0.2, 0.25) is 0 Å². The Morgan fingerprint density at radius 2 is 2.00 bits per heavy atom. The summed E-state index contributed by atoms with van der Waals surface area (Å²) in [7, 11) is 0. The smallest absolute Gasteiger partial charge is 0.266 e. The van der Waals surface area contributed by atoms with Crippen LogP contribution in [0.15, 0.2) is 35.2 Å². The molecule has 0 aliphatic heterocycles. The summed E-state index contributed by atoms with van der Waals surface area (Å²) in [5.41, 5.74) is 2.29. The predicted octanol–water partition coefficient (Wildman–Crippen LogP) is 4.40. The Kier molecular flexibility index (Phi) is 7.90. The number of carbonyl (C=O) groups excluding carboxylic acids is 2. The minimum absolute atomic E-state index is 0.0437. The molecule has 1 heterocycles. The van der Waals surface area contributed by atoms with E-state index in [2.05, 4.69) is 17.2 Å². The van der Waals surface area contributed by atoms with Crippen LogP contribution in [0.3, 0.4) is 0 Å². The summed E-state index contributed by atoms with van der Waals surface area (Å²) in [4.78, 5) is 29.9. The quantitative estimate of drug-likeness (QED) is 0.529. The maximum Gasteiger partial charge on any atom is 0.266 e. The Labute approximate surface area is 169 Å². The van der Waals surface area contributed by atoms with Gasteiger partial charge in [-0.15, -0.1) is 11.3 Å². The third-order valence-corrected chi connectivity index (χ3v) is 5.01. The number of thiazole rings is 1. The highest BCUT2D eigenvalue weighted by molar-refractivity contribution is 7.14. The Morgan fingerprint density at radius 1 is 1.29 bits per heavy atom. The van der Waals surface area contributed by atoms with Crippen LogP contribution < -0.4 is 10.2 Å². The number of carbonyl (C=O) groups is 2. The highest BCUT2D eigenvalue weighted by Crippen LogP contribution is 2.22. The zero-order valence-electron chi connectivity index (χ0n) is 16.4. The molecule has 0 atom stereocenters. The monoisotopic (exact) mass is 396 g/mol. The van der Waals surface area contributed by atoms with E-state index in [0.29, 0.717) is 23.1 Å². The van der Waals surface area contributed by atoms with E-state index >= 15 is 0 Å². The number of aryl methyl sites for hydroxylation is 1. The SMILES string of the molecule is CCCCc1ccc(NC(=O)/C(C#N)=C/c2csc(N(CC)C(C)=O)n2)cc1. The van der Waals surface area contributed by atoms with Crippen molar-refractivity contribution in [1.29, 1.82) is 5.26 Å². The molecule has 1 aromatic carbocycles. The highest BCUT2D eigenvalue weighted by atomic mass is 32.1. The number of aromatic nitrogens is 1. The van der Waals surface area contributed by atoms with Gasteiger partial charge in [0.15, 0.2) is 5.13 Å². The van der Waals surface area contributed by atoms with Crippen molar-refractivity contribution in [3.63, 3.8) is 0 Å². The first kappa shape index (κ1) is 21.3. The van der Waals surface area contributed by atoms with Gasteiger partial charge in [-0.3, -0.25) is 14.5 Å². The second-order valence-corrected chi connectivity index (χ2v) is 7.08. The average molecular weight is 397 g/mol. The van der Waals surface area contributed by atoms with E-state index in [-0.39, 0.29) is 11.5 Å². The van der Waals surface area contributed by atoms with Crippen molar-refractivity contribution in [2.75, 3.05) is 16.8 Å². The van der Waals surface area contributed by atoms with E-state index in [0.717, 1.165) is 19.3 Å². The topological polar surface area (TPSA) is 86.1 Å². The van der Waals surface area contributed by atoms with E-state index in [1.54, 1.807) is 5.38 Å². The van der Waals surface area contributed by atoms with E-state index in [4.69, 9.17) is 0 Å². The molecule has 2 rings (SSSR count). The lowest BCUT2D eigenvalue weighted by molar-refractivity contribution is -0.116. The number of anilines is 2. The van der Waals surface area contributed by atoms with Gasteiger partial charge in [0, 0.05) is 24.5 Å². The predicted molar refractivity (Wildman–Crippen MR) is 113 cm³/mol. The van der Waals surface area contributed by atoms with E-state index < -0.39 is 5.91 Å². The van der Waals surface area contributed by atoms with Crippen molar-refractivity contribution < 1.29 is 9.59 Å². The van der Waals surface area contributed by atoms with Crippen LogP contribution in [0.5, 0.6) is 0 Å². The fourth-order valence-corrected chi connectivity index (χ4v) is 3.48. The number of amides is 2. The maximum atomic E-state index is 12.4. The van der Waals surface area contributed by atoms with Crippen molar-refractivity contribution in [2.45, 2.75) is 40.0 Å². The summed E-state index contributed by atoms with van der Waals surface area (Å²) in [5, 5.41) is 14.4. The molecule has 0 aliphatic carbocycles. The molecule has 6 nitrogen and oxygen atoms in total. The number of rotatable bonds is 8. The molecule has 0 radical (unpaired) electrons. The first-order valence-electron chi connectivity index (χ1n) is 9.24. The number of benzene rings is 1. The van der Waals surface area contributed by atoms with Crippen LogP contribution >= 0.6 is 11.3 Å². The fourth-order valence-electron chi connectivity index (χ4n) is 2.59. The molecule has 0 spiro atoms. The van der Waals surface area contributed by atoms with Crippen molar-refractivity contribution in [2.24, 2.45) is 0 Å². The zero-order chi connectivity index (χ0) is 20.5. The fraction of sp³-hybridized carbons (Fsp3) is 0.333. The lowest BCUT2D eigenvalue weighted by Crippen LogP contribution is -2.27. The number of nitriles is 1. The first-order valence-corrected chi connectivity index (χ1v) is 10.1. The number of unbranched alkanes of at least 4 members (excludes halogenated alkanes) is 1. The molecule has 0 fully saturated rings. The molecule has 2 aromatic rings. The van der Waals surface area contributed by atoms with Crippen molar-refractivity contribution in [3.8, 4) is 6.07 Å². The van der Waals surface area contributed by atoms with Crippen molar-refractivity contribution in [3.05, 3.63) is 46.5 Å². The number of hydrogen-bond acceptors (Lipinski definition) is 5.